The second-order valence-electron chi connectivity index (χ2n) is 12.3. The molecule has 0 N–H and O–H groups in total. The molecular formula is C46H34O. The molecule has 0 saturated heterocycles. The number of carbonyl (C=O) groups excluding carboxylic acids is 1. The van der Waals surface area contributed by atoms with Crippen molar-refractivity contribution in [3.05, 3.63) is 203 Å². The highest BCUT2D eigenvalue weighted by Gasteiger charge is 2.46. The number of rotatable bonds is 7. The van der Waals surface area contributed by atoms with Gasteiger partial charge >= 0.3 is 0 Å². The van der Waals surface area contributed by atoms with Crippen molar-refractivity contribution in [3.63, 3.8) is 0 Å². The van der Waals surface area contributed by atoms with Gasteiger partial charge in [0.1, 0.15) is 6.29 Å². The third-order valence-electron chi connectivity index (χ3n) is 9.86. The molecule has 1 nitrogen and oxygen atoms in total. The van der Waals surface area contributed by atoms with Crippen molar-refractivity contribution in [3.8, 4) is 44.5 Å². The van der Waals surface area contributed by atoms with E-state index >= 15 is 0 Å². The molecule has 8 rings (SSSR count). The molecule has 47 heavy (non-hydrogen) atoms. The van der Waals surface area contributed by atoms with E-state index in [1.165, 1.54) is 55.6 Å². The van der Waals surface area contributed by atoms with Gasteiger partial charge < -0.3 is 0 Å². The van der Waals surface area contributed by atoms with Gasteiger partial charge in [0.15, 0.2) is 0 Å². The molecule has 0 heterocycles. The lowest BCUT2D eigenvalue weighted by molar-refractivity contribution is 0.112. The van der Waals surface area contributed by atoms with Gasteiger partial charge in [0.2, 0.25) is 0 Å². The van der Waals surface area contributed by atoms with Gasteiger partial charge in [-0.05, 0) is 90.9 Å². The topological polar surface area (TPSA) is 17.1 Å². The second-order valence-corrected chi connectivity index (χ2v) is 12.3. The Hall–Kier alpha value is -5.79. The Labute approximate surface area is 276 Å². The maximum atomic E-state index is 11.5. The fraction of sp³-hybridized carbons (Fsp3) is 0.0652. The van der Waals surface area contributed by atoms with Crippen LogP contribution < -0.4 is 0 Å². The van der Waals surface area contributed by atoms with Crippen molar-refractivity contribution in [2.24, 2.45) is 0 Å². The van der Waals surface area contributed by atoms with Crippen molar-refractivity contribution in [2.45, 2.75) is 18.8 Å². The molecule has 0 atom stereocenters. The normalized spacial score (nSPS) is 12.7. The molecule has 0 radical (unpaired) electrons. The lowest BCUT2D eigenvalue weighted by Gasteiger charge is -2.34. The molecular weight excluding hydrogens is 569 g/mol. The zero-order chi connectivity index (χ0) is 31.8. The quantitative estimate of drug-likeness (QED) is 0.166. The first-order valence-corrected chi connectivity index (χ1v) is 16.4. The van der Waals surface area contributed by atoms with Crippen LogP contribution in [0.1, 0.15) is 45.1 Å². The molecule has 0 bridgehead atoms. The van der Waals surface area contributed by atoms with Crippen LogP contribution in [-0.4, -0.2) is 6.29 Å². The van der Waals surface area contributed by atoms with Gasteiger partial charge in [-0.3, -0.25) is 4.79 Å². The molecule has 1 aliphatic carbocycles. The number of fused-ring (bicyclic) bond motifs is 3. The smallest absolute Gasteiger partial charge is 0.150 e. The highest BCUT2D eigenvalue weighted by molar-refractivity contribution is 5.91. The number of benzene rings is 7. The molecule has 0 spiro atoms. The van der Waals surface area contributed by atoms with E-state index in [-0.39, 0.29) is 0 Å². The summed E-state index contributed by atoms with van der Waals surface area (Å²) in [6.45, 7) is 2.09. The molecule has 7 aromatic rings. The summed E-state index contributed by atoms with van der Waals surface area (Å²) in [5, 5.41) is 0. The monoisotopic (exact) mass is 602 g/mol. The Balaban J connectivity index is 1.31. The van der Waals surface area contributed by atoms with Gasteiger partial charge in [0.05, 0.1) is 5.41 Å². The minimum absolute atomic E-state index is 0.435. The van der Waals surface area contributed by atoms with Crippen LogP contribution >= 0.6 is 0 Å². The zero-order valence-electron chi connectivity index (χ0n) is 26.4. The van der Waals surface area contributed by atoms with Crippen molar-refractivity contribution in [1.82, 2.24) is 0 Å². The average Bonchev–Trinajstić information content (AvgIpc) is 3.45. The summed E-state index contributed by atoms with van der Waals surface area (Å²) in [4.78, 5) is 11.5. The number of aldehydes is 1. The molecule has 224 valence electrons. The van der Waals surface area contributed by atoms with E-state index in [9.17, 15) is 4.79 Å². The molecule has 0 fully saturated rings. The Bertz CT molecular complexity index is 2170. The molecule has 0 aliphatic heterocycles. The van der Waals surface area contributed by atoms with E-state index < -0.39 is 5.41 Å². The summed E-state index contributed by atoms with van der Waals surface area (Å²) in [5.74, 6) is 0. The summed E-state index contributed by atoms with van der Waals surface area (Å²) in [6.07, 6.45) is 1.78. The van der Waals surface area contributed by atoms with E-state index in [2.05, 4.69) is 165 Å². The largest absolute Gasteiger partial charge is 0.298 e. The van der Waals surface area contributed by atoms with Crippen LogP contribution in [0.5, 0.6) is 0 Å². The first kappa shape index (κ1) is 28.7. The van der Waals surface area contributed by atoms with E-state index in [0.29, 0.717) is 0 Å². The van der Waals surface area contributed by atoms with E-state index in [1.54, 1.807) is 0 Å². The molecule has 7 aromatic carbocycles. The minimum Gasteiger partial charge on any atom is -0.298 e. The summed E-state index contributed by atoms with van der Waals surface area (Å²) in [7, 11) is 0. The molecule has 0 unspecified atom stereocenters. The van der Waals surface area contributed by atoms with Gasteiger partial charge in [-0.15, -0.1) is 0 Å². The number of carbonyl (C=O) groups is 1. The average molecular weight is 603 g/mol. The van der Waals surface area contributed by atoms with Crippen LogP contribution in [0.25, 0.3) is 44.5 Å². The van der Waals surface area contributed by atoms with Gasteiger partial charge in [0.25, 0.3) is 0 Å². The highest BCUT2D eigenvalue weighted by atomic mass is 16.1. The van der Waals surface area contributed by atoms with Crippen molar-refractivity contribution < 1.29 is 4.79 Å². The Kier molecular flexibility index (Phi) is 7.23. The standard InChI is InChI=1S/C46H34O/c1-2-32-28-36(22-23-39(32)31-47)34-18-20-35(21-19-34)38-25-27-45-43(30-38)42-29-37(33-12-6-3-7-13-33)24-26-44(42)46(45,40-14-8-4-9-15-40)41-16-10-5-11-17-41/h3-31H,2H2,1H3. The Morgan fingerprint density at radius 1 is 0.447 bits per heavy atom. The van der Waals surface area contributed by atoms with E-state index in [4.69, 9.17) is 0 Å². The lowest BCUT2D eigenvalue weighted by atomic mass is 9.67. The number of hydrogen-bond acceptors (Lipinski definition) is 1. The van der Waals surface area contributed by atoms with Crippen LogP contribution in [0, 0.1) is 0 Å². The minimum atomic E-state index is -0.435. The zero-order valence-corrected chi connectivity index (χ0v) is 26.4. The summed E-state index contributed by atoms with van der Waals surface area (Å²) < 4.78 is 0. The highest BCUT2D eigenvalue weighted by Crippen LogP contribution is 2.57. The van der Waals surface area contributed by atoms with Crippen molar-refractivity contribution >= 4 is 6.29 Å². The summed E-state index contributed by atoms with van der Waals surface area (Å²) >= 11 is 0. The molecule has 0 saturated carbocycles. The maximum absolute atomic E-state index is 11.5. The number of hydrogen-bond donors (Lipinski definition) is 0. The first-order chi connectivity index (χ1) is 23.2. The summed E-state index contributed by atoms with van der Waals surface area (Å²) in [6, 6.07) is 61.6. The van der Waals surface area contributed by atoms with Gasteiger partial charge in [-0.25, -0.2) is 0 Å². The van der Waals surface area contributed by atoms with Gasteiger partial charge in [-0.2, -0.15) is 0 Å². The van der Waals surface area contributed by atoms with Crippen molar-refractivity contribution in [1.29, 1.82) is 0 Å². The maximum Gasteiger partial charge on any atom is 0.150 e. The third-order valence-corrected chi connectivity index (χ3v) is 9.86. The summed E-state index contributed by atoms with van der Waals surface area (Å²) in [5.41, 5.74) is 16.2. The van der Waals surface area contributed by atoms with Gasteiger partial charge in [-0.1, -0.05) is 165 Å². The van der Waals surface area contributed by atoms with Crippen LogP contribution in [0.15, 0.2) is 170 Å². The molecule has 0 aromatic heterocycles. The first-order valence-electron chi connectivity index (χ1n) is 16.4. The predicted molar refractivity (Wildman–Crippen MR) is 195 cm³/mol. The van der Waals surface area contributed by atoms with Crippen LogP contribution in [-0.2, 0) is 11.8 Å². The lowest BCUT2D eigenvalue weighted by Crippen LogP contribution is -2.28. The number of aryl methyl sites for hydroxylation is 1. The van der Waals surface area contributed by atoms with Crippen LogP contribution in [0.4, 0.5) is 0 Å². The third kappa shape index (κ3) is 4.75. The molecule has 1 aliphatic rings. The van der Waals surface area contributed by atoms with E-state index in [1.807, 2.05) is 12.1 Å². The molecule has 1 heteroatoms. The van der Waals surface area contributed by atoms with E-state index in [0.717, 1.165) is 35.0 Å². The second kappa shape index (κ2) is 11.9. The Morgan fingerprint density at radius 3 is 1.32 bits per heavy atom. The van der Waals surface area contributed by atoms with Gasteiger partial charge in [0, 0.05) is 5.56 Å². The Morgan fingerprint density at radius 2 is 0.851 bits per heavy atom. The SMILES string of the molecule is CCc1cc(-c2ccc(-c3ccc4c(c3)-c3cc(-c5ccccc5)ccc3C4(c3ccccc3)c3ccccc3)cc2)ccc1C=O. The fourth-order valence-electron chi connectivity index (χ4n) is 7.55. The van der Waals surface area contributed by atoms with Crippen LogP contribution in [0.3, 0.4) is 0 Å². The fourth-order valence-corrected chi connectivity index (χ4v) is 7.55. The molecule has 0 amide bonds. The predicted octanol–water partition coefficient (Wildman–Crippen LogP) is 11.4. The van der Waals surface area contributed by atoms with Crippen molar-refractivity contribution in [2.75, 3.05) is 0 Å². The van der Waals surface area contributed by atoms with Crippen LogP contribution in [0.2, 0.25) is 0 Å².